The molecule has 0 radical (unpaired) electrons. The van der Waals surface area contributed by atoms with Crippen molar-refractivity contribution in [3.05, 3.63) is 21.1 Å². The van der Waals surface area contributed by atoms with E-state index in [4.69, 9.17) is 0 Å². The van der Waals surface area contributed by atoms with Crippen molar-refractivity contribution in [2.24, 2.45) is 0 Å². The highest BCUT2D eigenvalue weighted by Gasteiger charge is 2.22. The Morgan fingerprint density at radius 3 is 2.56 bits per heavy atom. The van der Waals surface area contributed by atoms with Gasteiger partial charge in [-0.3, -0.25) is 0 Å². The van der Waals surface area contributed by atoms with Gasteiger partial charge in [-0.05, 0) is 13.8 Å². The van der Waals surface area contributed by atoms with Crippen LogP contribution in [0.5, 0.6) is 0 Å². The zero-order valence-corrected chi connectivity index (χ0v) is 12.9. The molecule has 18 heavy (non-hydrogen) atoms. The molecule has 1 unspecified atom stereocenters. The molecule has 0 bridgehead atoms. The van der Waals surface area contributed by atoms with E-state index in [1.54, 1.807) is 16.8 Å². The number of hydrogen-bond acceptors (Lipinski definition) is 6. The van der Waals surface area contributed by atoms with Crippen molar-refractivity contribution in [1.29, 1.82) is 0 Å². The molecule has 0 aromatic carbocycles. The van der Waals surface area contributed by atoms with E-state index in [0.717, 1.165) is 10.8 Å². The normalized spacial score (nSPS) is 13.6. The minimum Gasteiger partial charge on any atom is -0.353 e. The topological polar surface area (TPSA) is 50.7 Å². The van der Waals surface area contributed by atoms with Crippen molar-refractivity contribution in [2.75, 3.05) is 5.32 Å². The van der Waals surface area contributed by atoms with Gasteiger partial charge >= 0.3 is 0 Å². The van der Waals surface area contributed by atoms with Crippen LogP contribution in [0.4, 0.5) is 5.13 Å². The first kappa shape index (κ1) is 13.4. The summed E-state index contributed by atoms with van der Waals surface area (Å²) in [5.74, 6) is 0. The smallest absolute Gasteiger partial charge is 0.205 e. The molecule has 0 fully saturated rings. The summed E-state index contributed by atoms with van der Waals surface area (Å²) >= 11 is 3.29. The van der Waals surface area contributed by atoms with Crippen molar-refractivity contribution in [2.45, 2.75) is 46.1 Å². The number of aryl methyl sites for hydroxylation is 1. The Hall–Kier alpha value is -1.01. The second-order valence-corrected chi connectivity index (χ2v) is 7.19. The Balaban J connectivity index is 2.20. The highest BCUT2D eigenvalue weighted by Crippen LogP contribution is 2.33. The van der Waals surface area contributed by atoms with Gasteiger partial charge in [-0.25, -0.2) is 4.98 Å². The standard InChI is InChI=1S/C12H18N4S2/c1-7-9(18-10(14-7)12(3,4)5)8(2)15-11-16-13-6-17-11/h6,8H,1-5H3,(H,15,16). The van der Waals surface area contributed by atoms with E-state index in [-0.39, 0.29) is 11.5 Å². The molecule has 0 aliphatic rings. The molecular formula is C12H18N4S2. The molecule has 98 valence electrons. The molecule has 0 aliphatic carbocycles. The van der Waals surface area contributed by atoms with Crippen LogP contribution in [0.1, 0.15) is 49.3 Å². The summed E-state index contributed by atoms with van der Waals surface area (Å²) in [5, 5.41) is 13.2. The second-order valence-electron chi connectivity index (χ2n) is 5.33. The van der Waals surface area contributed by atoms with E-state index in [9.17, 15) is 0 Å². The summed E-state index contributed by atoms with van der Waals surface area (Å²) < 4.78 is 0. The lowest BCUT2D eigenvalue weighted by Gasteiger charge is -2.14. The number of anilines is 1. The number of aromatic nitrogens is 3. The number of rotatable bonds is 3. The van der Waals surface area contributed by atoms with E-state index in [0.29, 0.717) is 0 Å². The largest absolute Gasteiger partial charge is 0.353 e. The molecule has 0 saturated carbocycles. The third-order valence-electron chi connectivity index (χ3n) is 2.57. The first-order valence-electron chi connectivity index (χ1n) is 5.88. The van der Waals surface area contributed by atoms with Crippen molar-refractivity contribution in [1.82, 2.24) is 15.2 Å². The number of nitrogens with one attached hydrogen (secondary N) is 1. The van der Waals surface area contributed by atoms with Crippen LogP contribution in [0, 0.1) is 6.92 Å². The molecule has 2 heterocycles. The van der Waals surface area contributed by atoms with Gasteiger partial charge in [0.15, 0.2) is 0 Å². The first-order valence-corrected chi connectivity index (χ1v) is 7.58. The van der Waals surface area contributed by atoms with E-state index in [1.807, 2.05) is 0 Å². The van der Waals surface area contributed by atoms with Gasteiger partial charge in [0.1, 0.15) is 5.51 Å². The average molecular weight is 282 g/mol. The molecule has 0 amide bonds. The third kappa shape index (κ3) is 2.87. The predicted molar refractivity (Wildman–Crippen MR) is 77.5 cm³/mol. The summed E-state index contributed by atoms with van der Waals surface area (Å²) in [5.41, 5.74) is 2.94. The van der Waals surface area contributed by atoms with Crippen molar-refractivity contribution in [3.63, 3.8) is 0 Å². The maximum Gasteiger partial charge on any atom is 0.205 e. The zero-order chi connectivity index (χ0) is 13.3. The van der Waals surface area contributed by atoms with E-state index in [1.165, 1.54) is 21.2 Å². The molecule has 2 rings (SSSR count). The van der Waals surface area contributed by atoms with Crippen LogP contribution in [0.15, 0.2) is 5.51 Å². The van der Waals surface area contributed by atoms with Gasteiger partial charge in [-0.1, -0.05) is 32.1 Å². The van der Waals surface area contributed by atoms with E-state index >= 15 is 0 Å². The van der Waals surface area contributed by atoms with Crippen molar-refractivity contribution >= 4 is 27.8 Å². The van der Waals surface area contributed by atoms with Gasteiger partial charge < -0.3 is 5.32 Å². The van der Waals surface area contributed by atoms with Gasteiger partial charge in [0.2, 0.25) is 5.13 Å². The maximum absolute atomic E-state index is 4.68. The van der Waals surface area contributed by atoms with Crippen LogP contribution >= 0.6 is 22.7 Å². The lowest BCUT2D eigenvalue weighted by atomic mass is 9.98. The SMILES string of the molecule is Cc1nc(C(C)(C)C)sc1C(C)Nc1nncs1. The van der Waals surface area contributed by atoms with Gasteiger partial charge in [0, 0.05) is 10.3 Å². The molecule has 1 atom stereocenters. The van der Waals surface area contributed by atoms with Crippen molar-refractivity contribution < 1.29 is 0 Å². The maximum atomic E-state index is 4.68. The van der Waals surface area contributed by atoms with Crippen LogP contribution in [-0.4, -0.2) is 15.2 Å². The average Bonchev–Trinajstić information content (AvgIpc) is 2.85. The molecule has 0 aliphatic heterocycles. The molecule has 2 aromatic rings. The Kier molecular flexibility index (Phi) is 3.68. The van der Waals surface area contributed by atoms with Gasteiger partial charge in [0.25, 0.3) is 0 Å². The Bertz CT molecular complexity index is 511. The van der Waals surface area contributed by atoms with Gasteiger partial charge in [0.05, 0.1) is 16.7 Å². The summed E-state index contributed by atoms with van der Waals surface area (Å²) in [7, 11) is 0. The number of thiazole rings is 1. The molecule has 6 heteroatoms. The first-order chi connectivity index (χ1) is 8.38. The predicted octanol–water partition coefficient (Wildman–Crippen LogP) is 3.77. The highest BCUT2D eigenvalue weighted by atomic mass is 32.1. The van der Waals surface area contributed by atoms with Crippen LogP contribution in [0.2, 0.25) is 0 Å². The Morgan fingerprint density at radius 2 is 2.06 bits per heavy atom. The lowest BCUT2D eigenvalue weighted by molar-refractivity contribution is 0.584. The van der Waals surface area contributed by atoms with Crippen LogP contribution in [-0.2, 0) is 5.41 Å². The second kappa shape index (κ2) is 4.93. The molecule has 1 N–H and O–H groups in total. The molecule has 0 spiro atoms. The summed E-state index contributed by atoms with van der Waals surface area (Å²) in [4.78, 5) is 5.95. The van der Waals surface area contributed by atoms with Crippen molar-refractivity contribution in [3.8, 4) is 0 Å². The fraction of sp³-hybridized carbons (Fsp3) is 0.583. The van der Waals surface area contributed by atoms with Crippen LogP contribution < -0.4 is 5.32 Å². The van der Waals surface area contributed by atoms with Gasteiger partial charge in [-0.15, -0.1) is 21.5 Å². The molecule has 4 nitrogen and oxygen atoms in total. The fourth-order valence-electron chi connectivity index (χ4n) is 1.62. The Labute approximate surface area is 116 Å². The third-order valence-corrected chi connectivity index (χ3v) is 4.96. The monoisotopic (exact) mass is 282 g/mol. The van der Waals surface area contributed by atoms with Crippen LogP contribution in [0.3, 0.4) is 0 Å². The van der Waals surface area contributed by atoms with Crippen LogP contribution in [0.25, 0.3) is 0 Å². The van der Waals surface area contributed by atoms with Gasteiger partial charge in [-0.2, -0.15) is 0 Å². The summed E-state index contributed by atoms with van der Waals surface area (Å²) in [6.07, 6.45) is 0. The quantitative estimate of drug-likeness (QED) is 0.931. The number of nitrogens with zero attached hydrogens (tertiary/aromatic N) is 3. The number of hydrogen-bond donors (Lipinski definition) is 1. The minimum atomic E-state index is 0.107. The molecule has 0 saturated heterocycles. The fourth-order valence-corrected chi connectivity index (χ4v) is 3.28. The Morgan fingerprint density at radius 1 is 1.33 bits per heavy atom. The zero-order valence-electron chi connectivity index (χ0n) is 11.3. The lowest BCUT2D eigenvalue weighted by Crippen LogP contribution is -2.10. The highest BCUT2D eigenvalue weighted by molar-refractivity contribution is 7.13. The summed E-state index contributed by atoms with van der Waals surface area (Å²) in [6.45, 7) is 10.8. The molecule has 2 aromatic heterocycles. The minimum absolute atomic E-state index is 0.107. The van der Waals surface area contributed by atoms with E-state index in [2.05, 4.69) is 55.1 Å². The summed E-state index contributed by atoms with van der Waals surface area (Å²) in [6, 6.07) is 0.214. The van der Waals surface area contributed by atoms with E-state index < -0.39 is 0 Å². The molecular weight excluding hydrogens is 264 g/mol.